The van der Waals surface area contributed by atoms with Gasteiger partial charge in [0.05, 0.1) is 0 Å². The molecule has 0 radical (unpaired) electrons. The zero-order valence-electron chi connectivity index (χ0n) is 13.0. The van der Waals surface area contributed by atoms with Gasteiger partial charge in [-0.3, -0.25) is 0 Å². The van der Waals surface area contributed by atoms with E-state index in [2.05, 4.69) is 38.2 Å². The van der Waals surface area contributed by atoms with Crippen molar-refractivity contribution < 1.29 is 0 Å². The van der Waals surface area contributed by atoms with Crippen molar-refractivity contribution in [1.29, 1.82) is 0 Å². The molecule has 0 bridgehead atoms. The summed E-state index contributed by atoms with van der Waals surface area (Å²) in [4.78, 5) is 0. The lowest BCUT2D eigenvalue weighted by Crippen LogP contribution is -2.13. The summed E-state index contributed by atoms with van der Waals surface area (Å²) in [6, 6.07) is 0. The van der Waals surface area contributed by atoms with Crippen LogP contribution in [0.2, 0.25) is 0 Å². The fourth-order valence-electron chi connectivity index (χ4n) is 3.84. The molecular formula is C19H32. The summed E-state index contributed by atoms with van der Waals surface area (Å²) in [5.41, 5.74) is 0.700. The summed E-state index contributed by atoms with van der Waals surface area (Å²) in [5.74, 6) is 1.79. The minimum absolute atomic E-state index is 0.700. The van der Waals surface area contributed by atoms with Gasteiger partial charge in [0.15, 0.2) is 0 Å². The molecule has 0 heterocycles. The van der Waals surface area contributed by atoms with Gasteiger partial charge in [-0.25, -0.2) is 0 Å². The number of hydrogen-bond donors (Lipinski definition) is 0. The summed E-state index contributed by atoms with van der Waals surface area (Å²) in [5, 5.41) is 0. The van der Waals surface area contributed by atoms with Crippen LogP contribution in [0.4, 0.5) is 0 Å². The van der Waals surface area contributed by atoms with Crippen molar-refractivity contribution in [3.05, 3.63) is 24.3 Å². The average molecular weight is 260 g/mol. The molecule has 0 saturated heterocycles. The third-order valence-electron chi connectivity index (χ3n) is 5.28. The molecule has 19 heavy (non-hydrogen) atoms. The van der Waals surface area contributed by atoms with Gasteiger partial charge in [0.2, 0.25) is 0 Å². The molecule has 0 heteroatoms. The maximum atomic E-state index is 2.57. The largest absolute Gasteiger partial charge is 0.0882 e. The van der Waals surface area contributed by atoms with Gasteiger partial charge in [-0.2, -0.15) is 0 Å². The van der Waals surface area contributed by atoms with E-state index < -0.39 is 0 Å². The lowest BCUT2D eigenvalue weighted by atomic mass is 9.85. The second-order valence-electron chi connectivity index (χ2n) is 6.66. The first kappa shape index (κ1) is 14.9. The minimum Gasteiger partial charge on any atom is -0.0882 e. The van der Waals surface area contributed by atoms with E-state index in [1.54, 1.807) is 0 Å². The second kappa shape index (κ2) is 7.31. The smallest absolute Gasteiger partial charge is 0.0171 e. The molecule has 2 aliphatic carbocycles. The van der Waals surface area contributed by atoms with Crippen LogP contribution in [0.15, 0.2) is 24.3 Å². The van der Waals surface area contributed by atoms with E-state index in [4.69, 9.17) is 0 Å². The fourth-order valence-corrected chi connectivity index (χ4v) is 3.84. The second-order valence-corrected chi connectivity index (χ2v) is 6.66. The van der Waals surface area contributed by atoms with Gasteiger partial charge in [0, 0.05) is 0 Å². The van der Waals surface area contributed by atoms with Crippen molar-refractivity contribution in [2.75, 3.05) is 0 Å². The Balaban J connectivity index is 1.82. The third kappa shape index (κ3) is 3.74. The predicted molar refractivity (Wildman–Crippen MR) is 85.2 cm³/mol. The van der Waals surface area contributed by atoms with Crippen LogP contribution in [0.25, 0.3) is 0 Å². The Kier molecular flexibility index (Phi) is 5.73. The summed E-state index contributed by atoms with van der Waals surface area (Å²) < 4.78 is 0. The highest BCUT2D eigenvalue weighted by molar-refractivity contribution is 5.17. The molecule has 0 aromatic heterocycles. The molecule has 0 aromatic carbocycles. The monoisotopic (exact) mass is 260 g/mol. The van der Waals surface area contributed by atoms with Crippen LogP contribution < -0.4 is 0 Å². The Hall–Kier alpha value is -0.520. The van der Waals surface area contributed by atoms with Crippen LogP contribution in [0.5, 0.6) is 0 Å². The Morgan fingerprint density at radius 3 is 1.68 bits per heavy atom. The van der Waals surface area contributed by atoms with Crippen molar-refractivity contribution in [1.82, 2.24) is 0 Å². The third-order valence-corrected chi connectivity index (χ3v) is 5.28. The van der Waals surface area contributed by atoms with Crippen molar-refractivity contribution >= 4 is 0 Å². The standard InChI is InChI=1S/C19H32/c1-3-5-7-9-11-17-13-14-18(19(17)15-16-19)12-10-8-6-4-2/h9-12,17-18H,3-8,13-16H2,1-2H3. The summed E-state index contributed by atoms with van der Waals surface area (Å²) >= 11 is 0. The average Bonchev–Trinajstić information content (AvgIpc) is 3.13. The normalized spacial score (nSPS) is 28.9. The summed E-state index contributed by atoms with van der Waals surface area (Å²) in [6.07, 6.45) is 23.9. The maximum Gasteiger partial charge on any atom is -0.0171 e. The van der Waals surface area contributed by atoms with E-state index in [1.165, 1.54) is 64.2 Å². The van der Waals surface area contributed by atoms with Crippen molar-refractivity contribution in [2.45, 2.75) is 78.1 Å². The molecule has 1 spiro atoms. The number of allylic oxidation sites excluding steroid dienone is 4. The van der Waals surface area contributed by atoms with Crippen LogP contribution in [0.3, 0.4) is 0 Å². The Morgan fingerprint density at radius 2 is 1.32 bits per heavy atom. The minimum atomic E-state index is 0.700. The highest BCUT2D eigenvalue weighted by atomic mass is 14.6. The van der Waals surface area contributed by atoms with Crippen LogP contribution >= 0.6 is 0 Å². The first-order chi connectivity index (χ1) is 9.33. The zero-order chi connectivity index (χ0) is 13.6. The van der Waals surface area contributed by atoms with Crippen molar-refractivity contribution in [3.63, 3.8) is 0 Å². The van der Waals surface area contributed by atoms with E-state index in [-0.39, 0.29) is 0 Å². The molecule has 108 valence electrons. The number of hydrogen-bond acceptors (Lipinski definition) is 0. The van der Waals surface area contributed by atoms with Crippen LogP contribution in [0, 0.1) is 17.3 Å². The van der Waals surface area contributed by atoms with E-state index >= 15 is 0 Å². The Labute approximate surface area is 120 Å². The SMILES string of the molecule is CCCCC=CC1CCC(C=CCCCC)C12CC2. The highest BCUT2D eigenvalue weighted by Crippen LogP contribution is 2.65. The lowest BCUT2D eigenvalue weighted by molar-refractivity contribution is 0.371. The van der Waals surface area contributed by atoms with Gasteiger partial charge < -0.3 is 0 Å². The van der Waals surface area contributed by atoms with Crippen molar-refractivity contribution in [3.8, 4) is 0 Å². The quantitative estimate of drug-likeness (QED) is 0.355. The Morgan fingerprint density at radius 1 is 0.842 bits per heavy atom. The van der Waals surface area contributed by atoms with E-state index in [1.807, 2.05) is 0 Å². The van der Waals surface area contributed by atoms with Gasteiger partial charge in [-0.15, -0.1) is 0 Å². The van der Waals surface area contributed by atoms with Gasteiger partial charge >= 0.3 is 0 Å². The molecule has 0 N–H and O–H groups in total. The molecule has 2 aliphatic rings. The van der Waals surface area contributed by atoms with Gasteiger partial charge in [-0.1, -0.05) is 63.8 Å². The zero-order valence-corrected chi connectivity index (χ0v) is 13.0. The van der Waals surface area contributed by atoms with E-state index in [0.29, 0.717) is 5.41 Å². The van der Waals surface area contributed by atoms with Crippen LogP contribution in [-0.2, 0) is 0 Å². The number of unbranched alkanes of at least 4 members (excludes halogenated alkanes) is 4. The van der Waals surface area contributed by atoms with E-state index in [0.717, 1.165) is 11.8 Å². The molecule has 2 rings (SSSR count). The summed E-state index contributed by atoms with van der Waals surface area (Å²) in [6.45, 7) is 4.56. The van der Waals surface area contributed by atoms with Gasteiger partial charge in [0.25, 0.3) is 0 Å². The first-order valence-corrected chi connectivity index (χ1v) is 8.66. The molecule has 2 fully saturated rings. The Bertz CT molecular complexity index is 278. The molecule has 0 aromatic rings. The van der Waals surface area contributed by atoms with Crippen LogP contribution in [-0.4, -0.2) is 0 Å². The van der Waals surface area contributed by atoms with Crippen LogP contribution in [0.1, 0.15) is 78.1 Å². The van der Waals surface area contributed by atoms with E-state index in [9.17, 15) is 0 Å². The fraction of sp³-hybridized carbons (Fsp3) is 0.789. The topological polar surface area (TPSA) is 0 Å². The van der Waals surface area contributed by atoms with Gasteiger partial charge in [0.1, 0.15) is 0 Å². The highest BCUT2D eigenvalue weighted by Gasteiger charge is 2.55. The maximum absolute atomic E-state index is 2.57. The number of rotatable bonds is 8. The molecule has 0 aliphatic heterocycles. The molecule has 2 unspecified atom stereocenters. The molecule has 2 saturated carbocycles. The molecular weight excluding hydrogens is 228 g/mol. The molecule has 0 amide bonds. The van der Waals surface area contributed by atoms with Gasteiger partial charge in [-0.05, 0) is 55.8 Å². The first-order valence-electron chi connectivity index (χ1n) is 8.66. The van der Waals surface area contributed by atoms with Crippen molar-refractivity contribution in [2.24, 2.45) is 17.3 Å². The summed E-state index contributed by atoms with van der Waals surface area (Å²) in [7, 11) is 0. The molecule has 2 atom stereocenters. The predicted octanol–water partition coefficient (Wildman–Crippen LogP) is 6.29. The lowest BCUT2D eigenvalue weighted by Gasteiger charge is -2.19. The molecule has 0 nitrogen and oxygen atoms in total.